The summed E-state index contributed by atoms with van der Waals surface area (Å²) in [7, 11) is 1.69. The fourth-order valence-electron chi connectivity index (χ4n) is 3.25. The lowest BCUT2D eigenvalue weighted by atomic mass is 9.74. The van der Waals surface area contributed by atoms with E-state index in [0.717, 1.165) is 27.6 Å². The van der Waals surface area contributed by atoms with Crippen LogP contribution in [0.15, 0.2) is 48.5 Å². The van der Waals surface area contributed by atoms with Gasteiger partial charge in [-0.25, -0.2) is 0 Å². The molecule has 0 aromatic heterocycles. The van der Waals surface area contributed by atoms with E-state index in [1.54, 1.807) is 26.4 Å². The van der Waals surface area contributed by atoms with Gasteiger partial charge in [0.05, 0.1) is 14.2 Å². The molecule has 0 unspecified atom stereocenters. The van der Waals surface area contributed by atoms with Crippen molar-refractivity contribution in [1.29, 1.82) is 0 Å². The van der Waals surface area contributed by atoms with E-state index < -0.39 is 7.12 Å². The van der Waals surface area contributed by atoms with Crippen LogP contribution in [-0.2, 0) is 0 Å². The summed E-state index contributed by atoms with van der Waals surface area (Å²) < 4.78 is 11.3. The quantitative estimate of drug-likeness (QED) is 0.725. The molecule has 24 heavy (non-hydrogen) atoms. The Labute approximate surface area is 141 Å². The fraction of sp³-hybridized carbons (Fsp3) is 0.158. The monoisotopic (exact) mass is 322 g/mol. The zero-order chi connectivity index (χ0) is 17.3. The van der Waals surface area contributed by atoms with Crippen LogP contribution in [0, 0.1) is 6.92 Å². The highest BCUT2D eigenvalue weighted by Gasteiger charge is 2.24. The number of hydrogen-bond donors (Lipinski definition) is 2. The van der Waals surface area contributed by atoms with E-state index in [9.17, 15) is 10.0 Å². The first kappa shape index (κ1) is 16.4. The Morgan fingerprint density at radius 3 is 1.92 bits per heavy atom. The Kier molecular flexibility index (Phi) is 4.47. The van der Waals surface area contributed by atoms with Crippen molar-refractivity contribution in [2.24, 2.45) is 0 Å². The third-order valence-corrected chi connectivity index (χ3v) is 4.28. The van der Waals surface area contributed by atoms with Gasteiger partial charge in [0.1, 0.15) is 11.5 Å². The summed E-state index contributed by atoms with van der Waals surface area (Å²) in [5, 5.41) is 21.4. The molecule has 0 saturated carbocycles. The van der Waals surface area contributed by atoms with Crippen LogP contribution in [0.1, 0.15) is 5.56 Å². The fourth-order valence-corrected chi connectivity index (χ4v) is 3.25. The van der Waals surface area contributed by atoms with Crippen molar-refractivity contribution in [3.05, 3.63) is 54.1 Å². The molecule has 3 aromatic rings. The molecule has 3 rings (SSSR count). The van der Waals surface area contributed by atoms with Crippen LogP contribution >= 0.6 is 0 Å². The van der Waals surface area contributed by atoms with Crippen LogP contribution in [-0.4, -0.2) is 31.4 Å². The minimum absolute atomic E-state index is 0.427. The van der Waals surface area contributed by atoms with E-state index in [0.29, 0.717) is 16.8 Å². The molecule has 0 bridgehead atoms. The Bertz CT molecular complexity index is 890. The number of rotatable bonds is 4. The number of methoxy groups -OCH3 is 2. The van der Waals surface area contributed by atoms with Crippen molar-refractivity contribution < 1.29 is 19.5 Å². The third-order valence-electron chi connectivity index (χ3n) is 4.28. The van der Waals surface area contributed by atoms with Crippen molar-refractivity contribution in [1.82, 2.24) is 0 Å². The molecule has 0 spiro atoms. The standard InChI is InChI=1S/C19H19BO4/c1-12-17(15-10-6-7-11-16(15)20(21)22)19(24-3)14-9-5-4-8-13(14)18(12)23-2/h4-11,21-22H,1-3H3. The first-order valence-electron chi connectivity index (χ1n) is 7.68. The number of hydrogen-bond acceptors (Lipinski definition) is 4. The van der Waals surface area contributed by atoms with Gasteiger partial charge in [-0.15, -0.1) is 0 Å². The zero-order valence-corrected chi connectivity index (χ0v) is 13.9. The van der Waals surface area contributed by atoms with Gasteiger partial charge in [0.15, 0.2) is 0 Å². The van der Waals surface area contributed by atoms with Crippen LogP contribution in [0.3, 0.4) is 0 Å². The van der Waals surface area contributed by atoms with Gasteiger partial charge in [0.25, 0.3) is 0 Å². The first-order chi connectivity index (χ1) is 11.6. The summed E-state index contributed by atoms with van der Waals surface area (Å²) >= 11 is 0. The number of fused-ring (bicyclic) bond motifs is 1. The van der Waals surface area contributed by atoms with Crippen molar-refractivity contribution in [3.63, 3.8) is 0 Å². The van der Waals surface area contributed by atoms with Crippen LogP contribution in [0.25, 0.3) is 21.9 Å². The second-order valence-electron chi connectivity index (χ2n) is 5.57. The van der Waals surface area contributed by atoms with Gasteiger partial charge in [-0.3, -0.25) is 0 Å². The van der Waals surface area contributed by atoms with Gasteiger partial charge in [-0.2, -0.15) is 0 Å². The lowest BCUT2D eigenvalue weighted by Crippen LogP contribution is -2.31. The predicted octanol–water partition coefficient (Wildman–Crippen LogP) is 2.51. The lowest BCUT2D eigenvalue weighted by Gasteiger charge is -2.20. The van der Waals surface area contributed by atoms with Gasteiger partial charge in [0.2, 0.25) is 0 Å². The minimum Gasteiger partial charge on any atom is -0.496 e. The molecule has 5 heteroatoms. The zero-order valence-electron chi connectivity index (χ0n) is 13.9. The molecule has 122 valence electrons. The van der Waals surface area contributed by atoms with E-state index in [1.165, 1.54) is 0 Å². The third kappa shape index (κ3) is 2.52. The molecular formula is C19H19BO4. The van der Waals surface area contributed by atoms with Crippen LogP contribution < -0.4 is 14.9 Å². The number of benzene rings is 3. The maximum atomic E-state index is 9.74. The van der Waals surface area contributed by atoms with Gasteiger partial charge < -0.3 is 19.5 Å². The lowest BCUT2D eigenvalue weighted by molar-refractivity contribution is 0.409. The molecule has 0 radical (unpaired) electrons. The average Bonchev–Trinajstić information content (AvgIpc) is 2.60. The summed E-state index contributed by atoms with van der Waals surface area (Å²) in [5.74, 6) is 1.45. The van der Waals surface area contributed by atoms with E-state index in [-0.39, 0.29) is 0 Å². The second kappa shape index (κ2) is 6.55. The summed E-state index contributed by atoms with van der Waals surface area (Å²) in [6.07, 6.45) is 0. The predicted molar refractivity (Wildman–Crippen MR) is 97.1 cm³/mol. The molecule has 0 aliphatic heterocycles. The highest BCUT2D eigenvalue weighted by Crippen LogP contribution is 2.45. The molecule has 3 aromatic carbocycles. The highest BCUT2D eigenvalue weighted by molar-refractivity contribution is 6.60. The van der Waals surface area contributed by atoms with Gasteiger partial charge in [0, 0.05) is 21.9 Å². The van der Waals surface area contributed by atoms with Crippen LogP contribution in [0.2, 0.25) is 0 Å². The molecule has 0 fully saturated rings. The highest BCUT2D eigenvalue weighted by atomic mass is 16.5. The van der Waals surface area contributed by atoms with Crippen molar-refractivity contribution >= 4 is 23.4 Å². The normalized spacial score (nSPS) is 10.7. The molecule has 0 aliphatic rings. The summed E-state index contributed by atoms with van der Waals surface area (Å²) in [4.78, 5) is 0. The summed E-state index contributed by atoms with van der Waals surface area (Å²) in [5.41, 5.74) is 2.83. The average molecular weight is 322 g/mol. The van der Waals surface area contributed by atoms with Gasteiger partial charge >= 0.3 is 7.12 Å². The minimum atomic E-state index is -1.57. The molecule has 0 aliphatic carbocycles. The van der Waals surface area contributed by atoms with Crippen molar-refractivity contribution in [3.8, 4) is 22.6 Å². The smallest absolute Gasteiger partial charge is 0.489 e. The van der Waals surface area contributed by atoms with Crippen LogP contribution in [0.5, 0.6) is 11.5 Å². The van der Waals surface area contributed by atoms with E-state index in [1.807, 2.05) is 43.3 Å². The van der Waals surface area contributed by atoms with Crippen LogP contribution in [0.4, 0.5) is 0 Å². The number of ether oxygens (including phenoxy) is 2. The Hall–Kier alpha value is -2.50. The summed E-state index contributed by atoms with van der Waals surface area (Å²) in [6.45, 7) is 1.95. The Balaban J connectivity index is 2.47. The maximum absolute atomic E-state index is 9.74. The second-order valence-corrected chi connectivity index (χ2v) is 5.57. The van der Waals surface area contributed by atoms with E-state index in [2.05, 4.69) is 0 Å². The van der Waals surface area contributed by atoms with Crippen molar-refractivity contribution in [2.45, 2.75) is 6.92 Å². The molecule has 0 saturated heterocycles. The molecule has 0 heterocycles. The van der Waals surface area contributed by atoms with E-state index in [4.69, 9.17) is 9.47 Å². The first-order valence-corrected chi connectivity index (χ1v) is 7.68. The van der Waals surface area contributed by atoms with E-state index >= 15 is 0 Å². The topological polar surface area (TPSA) is 58.9 Å². The maximum Gasteiger partial charge on any atom is 0.489 e. The SMILES string of the molecule is COc1c(C)c(-c2ccccc2B(O)O)c(OC)c2ccccc12. The Morgan fingerprint density at radius 2 is 1.33 bits per heavy atom. The van der Waals surface area contributed by atoms with Gasteiger partial charge in [-0.05, 0) is 17.9 Å². The molecule has 0 atom stereocenters. The molecule has 2 N–H and O–H groups in total. The Morgan fingerprint density at radius 1 is 0.792 bits per heavy atom. The molecular weight excluding hydrogens is 303 g/mol. The van der Waals surface area contributed by atoms with Gasteiger partial charge in [-0.1, -0.05) is 48.5 Å². The molecule has 4 nitrogen and oxygen atoms in total. The molecule has 0 amide bonds. The summed E-state index contributed by atoms with van der Waals surface area (Å²) in [6, 6.07) is 15.0. The van der Waals surface area contributed by atoms with Crippen molar-refractivity contribution in [2.75, 3.05) is 14.2 Å². The largest absolute Gasteiger partial charge is 0.496 e.